The van der Waals surface area contributed by atoms with Crippen molar-refractivity contribution in [3.05, 3.63) is 80.5 Å². The molecular weight excluding hydrogens is 394 g/mol. The highest BCUT2D eigenvalue weighted by Crippen LogP contribution is 2.19. The van der Waals surface area contributed by atoms with Crippen LogP contribution in [0.1, 0.15) is 33.1 Å². The molecule has 3 heterocycles. The lowest BCUT2D eigenvalue weighted by atomic mass is 10.2. The number of nitrogens with zero attached hydrogens (tertiary/aromatic N) is 3. The van der Waals surface area contributed by atoms with Crippen LogP contribution in [-0.2, 0) is 18.0 Å². The number of fused-ring (bicyclic) bond motifs is 1. The van der Waals surface area contributed by atoms with Crippen LogP contribution in [0.2, 0.25) is 0 Å². The largest absolute Gasteiger partial charge is 0.489 e. The van der Waals surface area contributed by atoms with Gasteiger partial charge in [0, 0.05) is 17.6 Å². The van der Waals surface area contributed by atoms with Crippen molar-refractivity contribution < 1.29 is 18.8 Å². The van der Waals surface area contributed by atoms with Crippen molar-refractivity contribution in [2.75, 3.05) is 0 Å². The van der Waals surface area contributed by atoms with E-state index in [-0.39, 0.29) is 18.8 Å². The molecule has 0 radical (unpaired) electrons. The van der Waals surface area contributed by atoms with Crippen molar-refractivity contribution >= 4 is 22.3 Å². The Morgan fingerprint density at radius 2 is 2.10 bits per heavy atom. The van der Waals surface area contributed by atoms with Crippen LogP contribution in [0.3, 0.4) is 0 Å². The number of esters is 1. The third-order valence-corrected chi connectivity index (χ3v) is 5.10. The van der Waals surface area contributed by atoms with Gasteiger partial charge in [-0.1, -0.05) is 11.2 Å². The average molecular weight is 411 g/mol. The van der Waals surface area contributed by atoms with Gasteiger partial charge >= 0.3 is 5.97 Å². The minimum atomic E-state index is -0.527. The van der Waals surface area contributed by atoms with Crippen molar-refractivity contribution in [1.29, 1.82) is 0 Å². The van der Waals surface area contributed by atoms with Gasteiger partial charge in [0.25, 0.3) is 5.56 Å². The number of aryl methyl sites for hydroxylation is 2. The number of aromatic nitrogens is 3. The monoisotopic (exact) mass is 411 g/mol. The SMILES string of the molecule is Cc1noc(C)c1COc1cccc(C(=O)OCc2cc(=O)n3ccsc3n2)c1. The highest BCUT2D eigenvalue weighted by molar-refractivity contribution is 7.15. The molecule has 0 amide bonds. The second-order valence-electron chi connectivity index (χ2n) is 6.34. The first-order chi connectivity index (χ1) is 14.0. The normalized spacial score (nSPS) is 11.0. The van der Waals surface area contributed by atoms with Gasteiger partial charge in [-0.2, -0.15) is 0 Å². The lowest BCUT2D eigenvalue weighted by Gasteiger charge is -2.08. The minimum absolute atomic E-state index is 0.0906. The molecule has 0 aliphatic rings. The molecule has 4 rings (SSSR count). The van der Waals surface area contributed by atoms with Gasteiger partial charge in [-0.05, 0) is 32.0 Å². The maximum Gasteiger partial charge on any atom is 0.338 e. The van der Waals surface area contributed by atoms with Crippen molar-refractivity contribution in [3.63, 3.8) is 0 Å². The van der Waals surface area contributed by atoms with Gasteiger partial charge in [0.05, 0.1) is 22.5 Å². The number of thiazole rings is 1. The standard InChI is InChI=1S/C20H17N3O5S/c1-12-17(13(2)28-22-12)11-26-16-5-3-4-14(8-16)19(25)27-10-15-9-18(24)23-6-7-29-20(23)21-15/h3-9H,10-11H2,1-2H3. The number of rotatable bonds is 6. The molecule has 1 aromatic carbocycles. The number of hydrogen-bond acceptors (Lipinski definition) is 8. The van der Waals surface area contributed by atoms with Crippen LogP contribution < -0.4 is 10.3 Å². The van der Waals surface area contributed by atoms with Gasteiger partial charge in [-0.3, -0.25) is 9.20 Å². The first kappa shape index (κ1) is 18.9. The molecule has 0 saturated carbocycles. The maximum atomic E-state index is 12.4. The summed E-state index contributed by atoms with van der Waals surface area (Å²) >= 11 is 1.34. The lowest BCUT2D eigenvalue weighted by Crippen LogP contribution is -2.14. The zero-order valence-corrected chi connectivity index (χ0v) is 16.6. The number of ether oxygens (including phenoxy) is 2. The fourth-order valence-corrected chi connectivity index (χ4v) is 3.50. The third kappa shape index (κ3) is 4.04. The van der Waals surface area contributed by atoms with E-state index in [1.807, 2.05) is 13.8 Å². The van der Waals surface area contributed by atoms with E-state index in [1.54, 1.807) is 35.8 Å². The number of benzene rings is 1. The predicted octanol–water partition coefficient (Wildman–Crippen LogP) is 3.30. The van der Waals surface area contributed by atoms with E-state index in [2.05, 4.69) is 10.1 Å². The quantitative estimate of drug-likeness (QED) is 0.449. The van der Waals surface area contributed by atoms with E-state index in [0.29, 0.717) is 27.7 Å². The Morgan fingerprint density at radius 3 is 2.90 bits per heavy atom. The summed E-state index contributed by atoms with van der Waals surface area (Å²) in [6.07, 6.45) is 1.65. The number of carbonyl (C=O) groups excluding carboxylic acids is 1. The molecule has 8 nitrogen and oxygen atoms in total. The van der Waals surface area contributed by atoms with Crippen LogP contribution in [0, 0.1) is 13.8 Å². The third-order valence-electron chi connectivity index (χ3n) is 4.34. The van der Waals surface area contributed by atoms with Gasteiger partial charge in [0.2, 0.25) is 0 Å². The summed E-state index contributed by atoms with van der Waals surface area (Å²) in [6, 6.07) is 8.06. The molecule has 4 aromatic rings. The van der Waals surface area contributed by atoms with Crippen LogP contribution in [0.15, 0.2) is 51.2 Å². The Kier molecular flexibility index (Phi) is 5.13. The van der Waals surface area contributed by atoms with Crippen LogP contribution >= 0.6 is 11.3 Å². The van der Waals surface area contributed by atoms with Gasteiger partial charge in [-0.25, -0.2) is 9.78 Å². The molecule has 0 aliphatic carbocycles. The van der Waals surface area contributed by atoms with E-state index >= 15 is 0 Å². The summed E-state index contributed by atoms with van der Waals surface area (Å²) in [4.78, 5) is 29.3. The predicted molar refractivity (Wildman–Crippen MR) is 105 cm³/mol. The molecule has 0 spiro atoms. The zero-order chi connectivity index (χ0) is 20.4. The first-order valence-corrected chi connectivity index (χ1v) is 9.67. The average Bonchev–Trinajstić information content (AvgIpc) is 3.32. The van der Waals surface area contributed by atoms with E-state index < -0.39 is 5.97 Å². The molecule has 29 heavy (non-hydrogen) atoms. The summed E-state index contributed by atoms with van der Waals surface area (Å²) in [5.41, 5.74) is 2.17. The molecular formula is C20H17N3O5S. The fourth-order valence-electron chi connectivity index (χ4n) is 2.76. The Labute approximate surface area is 169 Å². The number of hydrogen-bond donors (Lipinski definition) is 0. The van der Waals surface area contributed by atoms with Crippen molar-refractivity contribution in [1.82, 2.24) is 14.5 Å². The van der Waals surface area contributed by atoms with E-state index in [1.165, 1.54) is 21.8 Å². The molecule has 0 saturated heterocycles. The molecule has 3 aromatic heterocycles. The van der Waals surface area contributed by atoms with Crippen molar-refractivity contribution in [2.24, 2.45) is 0 Å². The van der Waals surface area contributed by atoms with E-state index in [9.17, 15) is 9.59 Å². The molecule has 9 heteroatoms. The Balaban J connectivity index is 1.42. The van der Waals surface area contributed by atoms with E-state index in [4.69, 9.17) is 14.0 Å². The van der Waals surface area contributed by atoms with Crippen LogP contribution in [0.4, 0.5) is 0 Å². The zero-order valence-electron chi connectivity index (χ0n) is 15.7. The minimum Gasteiger partial charge on any atom is -0.489 e. The molecule has 0 atom stereocenters. The summed E-state index contributed by atoms with van der Waals surface area (Å²) in [5, 5.41) is 5.66. The fraction of sp³-hybridized carbons (Fsp3) is 0.200. The lowest BCUT2D eigenvalue weighted by molar-refractivity contribution is 0.0467. The highest BCUT2D eigenvalue weighted by atomic mass is 32.1. The van der Waals surface area contributed by atoms with Crippen molar-refractivity contribution in [2.45, 2.75) is 27.1 Å². The van der Waals surface area contributed by atoms with Gasteiger partial charge in [0.1, 0.15) is 24.7 Å². The summed E-state index contributed by atoms with van der Waals surface area (Å²) in [5.74, 6) is 0.695. The second kappa shape index (κ2) is 7.88. The van der Waals surface area contributed by atoms with Gasteiger partial charge < -0.3 is 14.0 Å². The molecule has 0 N–H and O–H groups in total. The first-order valence-electron chi connectivity index (χ1n) is 8.79. The molecule has 0 aliphatic heterocycles. The topological polar surface area (TPSA) is 95.9 Å². The summed E-state index contributed by atoms with van der Waals surface area (Å²) in [7, 11) is 0. The second-order valence-corrected chi connectivity index (χ2v) is 7.21. The molecule has 0 unspecified atom stereocenters. The van der Waals surface area contributed by atoms with Gasteiger partial charge in [0.15, 0.2) is 4.96 Å². The highest BCUT2D eigenvalue weighted by Gasteiger charge is 2.13. The Hall–Kier alpha value is -3.46. The number of carbonyl (C=O) groups is 1. The van der Waals surface area contributed by atoms with Crippen molar-refractivity contribution in [3.8, 4) is 5.75 Å². The maximum absolute atomic E-state index is 12.4. The van der Waals surface area contributed by atoms with Crippen LogP contribution in [0.5, 0.6) is 5.75 Å². The Morgan fingerprint density at radius 1 is 1.24 bits per heavy atom. The van der Waals surface area contributed by atoms with E-state index in [0.717, 1.165) is 11.3 Å². The van der Waals surface area contributed by atoms with Crippen LogP contribution in [-0.4, -0.2) is 20.5 Å². The molecule has 0 fully saturated rings. The summed E-state index contributed by atoms with van der Waals surface area (Å²) in [6.45, 7) is 3.86. The molecule has 148 valence electrons. The van der Waals surface area contributed by atoms with Gasteiger partial charge in [-0.15, -0.1) is 11.3 Å². The molecule has 0 bridgehead atoms. The smallest absolute Gasteiger partial charge is 0.338 e. The van der Waals surface area contributed by atoms with Crippen LogP contribution in [0.25, 0.3) is 4.96 Å². The Bertz CT molecular complexity index is 1220. The summed E-state index contributed by atoms with van der Waals surface area (Å²) < 4.78 is 17.6.